The van der Waals surface area contributed by atoms with Crippen molar-refractivity contribution >= 4 is 23.3 Å². The zero-order chi connectivity index (χ0) is 21.3. The van der Waals surface area contributed by atoms with Crippen LogP contribution in [0.4, 0.5) is 10.2 Å². The molecule has 30 heavy (non-hydrogen) atoms. The third-order valence-corrected chi connectivity index (χ3v) is 4.85. The van der Waals surface area contributed by atoms with Crippen LogP contribution in [-0.4, -0.2) is 28.9 Å². The van der Waals surface area contributed by atoms with Crippen molar-refractivity contribution in [1.82, 2.24) is 4.98 Å². The zero-order valence-corrected chi connectivity index (χ0v) is 15.9. The highest BCUT2D eigenvalue weighted by Gasteiger charge is 2.47. The van der Waals surface area contributed by atoms with Crippen LogP contribution in [0.5, 0.6) is 5.75 Å². The molecule has 4 rings (SSSR count). The van der Waals surface area contributed by atoms with Gasteiger partial charge >= 0.3 is 5.91 Å². The van der Waals surface area contributed by atoms with Crippen LogP contribution in [0.1, 0.15) is 17.2 Å². The first-order chi connectivity index (χ1) is 14.5. The molecule has 1 aromatic heterocycles. The minimum atomic E-state index is -1.04. The number of anilines is 1. The Hall–Kier alpha value is -4.00. The number of pyridine rings is 1. The first-order valence-corrected chi connectivity index (χ1v) is 9.13. The molecule has 150 valence electrons. The zero-order valence-electron chi connectivity index (χ0n) is 15.9. The number of halogens is 1. The number of ether oxygens (including phenoxy) is 1. The molecule has 0 unspecified atom stereocenters. The molecule has 0 radical (unpaired) electrons. The smallest absolute Gasteiger partial charge is 0.301 e. The summed E-state index contributed by atoms with van der Waals surface area (Å²) in [7, 11) is 1.48. The molecule has 1 atom stereocenters. The maximum atomic E-state index is 14.0. The molecule has 0 spiro atoms. The SMILES string of the molecule is COc1cccc(C(O)=C2C(=O)C(=O)N(c3ccccn3)[C@H]2c2cccc(F)c2)c1. The molecular formula is C23H17FN2O4. The molecule has 0 bridgehead atoms. The van der Waals surface area contributed by atoms with Crippen molar-refractivity contribution in [3.05, 3.63) is 95.4 Å². The van der Waals surface area contributed by atoms with Crippen molar-refractivity contribution in [1.29, 1.82) is 0 Å². The number of aromatic nitrogens is 1. The van der Waals surface area contributed by atoms with Crippen LogP contribution in [-0.2, 0) is 9.59 Å². The van der Waals surface area contributed by atoms with Gasteiger partial charge in [-0.15, -0.1) is 0 Å². The Morgan fingerprint density at radius 1 is 1.07 bits per heavy atom. The lowest BCUT2D eigenvalue weighted by Crippen LogP contribution is -2.30. The Bertz CT molecular complexity index is 1160. The van der Waals surface area contributed by atoms with E-state index < -0.39 is 23.5 Å². The van der Waals surface area contributed by atoms with Crippen molar-refractivity contribution in [3.8, 4) is 5.75 Å². The molecule has 7 heteroatoms. The molecule has 3 aromatic rings. The van der Waals surface area contributed by atoms with Crippen molar-refractivity contribution < 1.29 is 23.8 Å². The number of methoxy groups -OCH3 is 1. The van der Waals surface area contributed by atoms with E-state index in [1.165, 1.54) is 36.4 Å². The van der Waals surface area contributed by atoms with E-state index in [0.717, 1.165) is 0 Å². The highest BCUT2D eigenvalue weighted by molar-refractivity contribution is 6.51. The van der Waals surface area contributed by atoms with Gasteiger partial charge in [0.15, 0.2) is 0 Å². The van der Waals surface area contributed by atoms with Gasteiger partial charge in [0, 0.05) is 11.8 Å². The lowest BCUT2D eigenvalue weighted by molar-refractivity contribution is -0.132. The van der Waals surface area contributed by atoms with Gasteiger partial charge in [0.25, 0.3) is 5.78 Å². The molecule has 1 aliphatic rings. The summed E-state index contributed by atoms with van der Waals surface area (Å²) in [5, 5.41) is 11.0. The molecule has 1 aliphatic heterocycles. The van der Waals surface area contributed by atoms with E-state index in [9.17, 15) is 19.1 Å². The van der Waals surface area contributed by atoms with Crippen LogP contribution in [0, 0.1) is 5.82 Å². The average molecular weight is 404 g/mol. The fourth-order valence-electron chi connectivity index (χ4n) is 3.48. The monoisotopic (exact) mass is 404 g/mol. The molecular weight excluding hydrogens is 387 g/mol. The van der Waals surface area contributed by atoms with Gasteiger partial charge < -0.3 is 9.84 Å². The molecule has 1 N–H and O–H groups in total. The number of hydrogen-bond donors (Lipinski definition) is 1. The number of carbonyl (C=O) groups excluding carboxylic acids is 2. The highest BCUT2D eigenvalue weighted by Crippen LogP contribution is 2.41. The van der Waals surface area contributed by atoms with Crippen LogP contribution in [0.15, 0.2) is 78.5 Å². The van der Waals surface area contributed by atoms with E-state index in [2.05, 4.69) is 4.98 Å². The molecule has 1 amide bonds. The number of benzene rings is 2. The van der Waals surface area contributed by atoms with E-state index in [0.29, 0.717) is 16.9 Å². The molecule has 0 aliphatic carbocycles. The average Bonchev–Trinajstić information content (AvgIpc) is 3.04. The Kier molecular flexibility index (Phi) is 5.02. The summed E-state index contributed by atoms with van der Waals surface area (Å²) in [6, 6.07) is 15.9. The molecule has 0 saturated carbocycles. The van der Waals surface area contributed by atoms with E-state index in [1.54, 1.807) is 48.5 Å². The van der Waals surface area contributed by atoms with Crippen molar-refractivity contribution in [2.24, 2.45) is 0 Å². The topological polar surface area (TPSA) is 79.7 Å². The molecule has 6 nitrogen and oxygen atoms in total. The van der Waals surface area contributed by atoms with Crippen LogP contribution < -0.4 is 9.64 Å². The van der Waals surface area contributed by atoms with E-state index in [4.69, 9.17) is 4.74 Å². The van der Waals surface area contributed by atoms with Gasteiger partial charge in [-0.1, -0.05) is 30.3 Å². The Labute approximate surface area is 171 Å². The lowest BCUT2D eigenvalue weighted by atomic mass is 9.95. The largest absolute Gasteiger partial charge is 0.507 e. The normalized spacial score (nSPS) is 17.9. The summed E-state index contributed by atoms with van der Waals surface area (Å²) in [4.78, 5) is 31.2. The maximum Gasteiger partial charge on any atom is 0.301 e. The minimum Gasteiger partial charge on any atom is -0.507 e. The van der Waals surface area contributed by atoms with E-state index in [-0.39, 0.29) is 17.2 Å². The third-order valence-electron chi connectivity index (χ3n) is 4.85. The molecule has 1 saturated heterocycles. The van der Waals surface area contributed by atoms with Crippen molar-refractivity contribution in [2.45, 2.75) is 6.04 Å². The molecule has 2 heterocycles. The number of rotatable bonds is 4. The van der Waals surface area contributed by atoms with Gasteiger partial charge in [-0.3, -0.25) is 14.5 Å². The van der Waals surface area contributed by atoms with Crippen LogP contribution in [0.25, 0.3) is 5.76 Å². The summed E-state index contributed by atoms with van der Waals surface area (Å²) in [5.41, 5.74) is 0.489. The first-order valence-electron chi connectivity index (χ1n) is 9.13. The number of carbonyl (C=O) groups is 2. The third kappa shape index (κ3) is 3.30. The maximum absolute atomic E-state index is 14.0. The number of Topliss-reactive ketones (excluding diaryl/α,β-unsaturated/α-hetero) is 1. The lowest BCUT2D eigenvalue weighted by Gasteiger charge is -2.24. The standard InChI is InChI=1S/C23H17FN2O4/c1-30-17-9-5-7-15(13-17)21(27)19-20(14-6-4-8-16(24)12-14)26(23(29)22(19)28)18-10-2-3-11-25-18/h2-13,20,27H,1H3/t20-/m0/s1. The van der Waals surface area contributed by atoms with E-state index in [1.807, 2.05) is 0 Å². The van der Waals surface area contributed by atoms with Gasteiger partial charge in [-0.25, -0.2) is 9.37 Å². The number of aliphatic hydroxyl groups excluding tert-OH is 1. The summed E-state index contributed by atoms with van der Waals surface area (Å²) < 4.78 is 19.2. The van der Waals surface area contributed by atoms with Gasteiger partial charge in [0.05, 0.1) is 18.7 Å². The summed E-state index contributed by atoms with van der Waals surface area (Å²) in [6.07, 6.45) is 1.49. The van der Waals surface area contributed by atoms with Gasteiger partial charge in [0.2, 0.25) is 0 Å². The van der Waals surface area contributed by atoms with Gasteiger partial charge in [0.1, 0.15) is 23.1 Å². The Morgan fingerprint density at radius 3 is 2.57 bits per heavy atom. The van der Waals surface area contributed by atoms with E-state index >= 15 is 0 Å². The predicted molar refractivity (Wildman–Crippen MR) is 108 cm³/mol. The Balaban J connectivity index is 1.95. The molecule has 2 aromatic carbocycles. The second kappa shape index (κ2) is 7.79. The fraction of sp³-hybridized carbons (Fsp3) is 0.0870. The highest BCUT2D eigenvalue weighted by atomic mass is 19.1. The van der Waals surface area contributed by atoms with Crippen LogP contribution >= 0.6 is 0 Å². The van der Waals surface area contributed by atoms with Gasteiger partial charge in [-0.05, 0) is 42.0 Å². The molecule has 1 fully saturated rings. The van der Waals surface area contributed by atoms with Crippen LogP contribution in [0.3, 0.4) is 0 Å². The fourth-order valence-corrected chi connectivity index (χ4v) is 3.48. The number of hydrogen-bond acceptors (Lipinski definition) is 5. The van der Waals surface area contributed by atoms with Crippen molar-refractivity contribution in [3.63, 3.8) is 0 Å². The number of amides is 1. The van der Waals surface area contributed by atoms with Crippen LogP contribution in [0.2, 0.25) is 0 Å². The van der Waals surface area contributed by atoms with Gasteiger partial charge in [-0.2, -0.15) is 0 Å². The second-order valence-electron chi connectivity index (χ2n) is 6.64. The number of nitrogens with zero attached hydrogens (tertiary/aromatic N) is 2. The first kappa shape index (κ1) is 19.3. The summed E-state index contributed by atoms with van der Waals surface area (Å²) in [5.74, 6) is -1.94. The Morgan fingerprint density at radius 2 is 1.87 bits per heavy atom. The van der Waals surface area contributed by atoms with Crippen molar-refractivity contribution in [2.75, 3.05) is 12.0 Å². The summed E-state index contributed by atoms with van der Waals surface area (Å²) in [6.45, 7) is 0. The predicted octanol–water partition coefficient (Wildman–Crippen LogP) is 3.86. The quantitative estimate of drug-likeness (QED) is 0.406. The second-order valence-corrected chi connectivity index (χ2v) is 6.64. The number of aliphatic hydroxyl groups is 1. The minimum absolute atomic E-state index is 0.149. The number of ketones is 1. The summed E-state index contributed by atoms with van der Waals surface area (Å²) >= 11 is 0.